The van der Waals surface area contributed by atoms with Crippen molar-refractivity contribution in [2.45, 2.75) is 45.8 Å². The summed E-state index contributed by atoms with van der Waals surface area (Å²) >= 11 is 6.27. The molecule has 36 heavy (non-hydrogen) atoms. The van der Waals surface area contributed by atoms with E-state index in [9.17, 15) is 4.79 Å². The van der Waals surface area contributed by atoms with Gasteiger partial charge < -0.3 is 24.6 Å². The molecule has 1 N–H and O–H groups in total. The molecule has 8 nitrogen and oxygen atoms in total. The summed E-state index contributed by atoms with van der Waals surface area (Å²) in [4.78, 5) is 26.6. The summed E-state index contributed by atoms with van der Waals surface area (Å²) in [6, 6.07) is 11.4. The van der Waals surface area contributed by atoms with Crippen molar-refractivity contribution in [3.8, 4) is 11.5 Å². The topological polar surface area (TPSA) is 79.8 Å². The largest absolute Gasteiger partial charge is 0.491 e. The maximum atomic E-state index is 12.5. The number of ether oxygens (including phenoxy) is 2. The second-order valence-corrected chi connectivity index (χ2v) is 10.0. The van der Waals surface area contributed by atoms with E-state index in [1.54, 1.807) is 18.2 Å². The van der Waals surface area contributed by atoms with E-state index in [1.807, 2.05) is 39.0 Å². The van der Waals surface area contributed by atoms with Crippen molar-refractivity contribution >= 4 is 40.0 Å². The van der Waals surface area contributed by atoms with Gasteiger partial charge in [0.2, 0.25) is 5.95 Å². The van der Waals surface area contributed by atoms with E-state index in [1.165, 1.54) is 0 Å². The molecule has 1 fully saturated rings. The number of aryl methyl sites for hydroxylation is 1. The minimum atomic E-state index is -0.285. The maximum absolute atomic E-state index is 12.5. The summed E-state index contributed by atoms with van der Waals surface area (Å²) in [6.45, 7) is 7.58. The normalized spacial score (nSPS) is 14.5. The molecule has 1 saturated heterocycles. The van der Waals surface area contributed by atoms with Gasteiger partial charge in [0.1, 0.15) is 11.5 Å². The van der Waals surface area contributed by atoms with Gasteiger partial charge in [0.25, 0.3) is 5.91 Å². The quantitative estimate of drug-likeness (QED) is 0.459. The zero-order valence-electron chi connectivity index (χ0n) is 21.5. The molecule has 1 aromatic heterocycles. The number of nitrogens with zero attached hydrogens (tertiary/aromatic N) is 4. The third-order valence-electron chi connectivity index (χ3n) is 6.27. The number of nitrogens with one attached hydrogen (secondary N) is 1. The fourth-order valence-electron chi connectivity index (χ4n) is 4.35. The van der Waals surface area contributed by atoms with Crippen LogP contribution in [0.1, 0.15) is 32.4 Å². The SMILES string of the molecule is Cc1nc(N2CCC(N(C)C)CC2)nc2ccc(NC(=O)COc3ccc(OC(C)C)cc3Cl)cc12. The standard InChI is InChI=1S/C27H34ClN5O3/c1-17(2)36-21-7-9-25(23(28)15-21)35-16-26(34)30-19-6-8-24-22(14-19)18(3)29-27(31-24)33-12-10-20(11-13-33)32(4)5/h6-9,14-15,17,20H,10-13,16H2,1-5H3,(H,30,34). The second-order valence-electron chi connectivity index (χ2n) is 9.62. The highest BCUT2D eigenvalue weighted by Crippen LogP contribution is 2.29. The molecule has 0 saturated carbocycles. The van der Waals surface area contributed by atoms with E-state index in [2.05, 4.69) is 29.2 Å². The summed E-state index contributed by atoms with van der Waals surface area (Å²) in [6.07, 6.45) is 2.24. The number of carbonyl (C=O) groups is 1. The molecule has 4 rings (SSSR count). The minimum absolute atomic E-state index is 0.0433. The lowest BCUT2D eigenvalue weighted by Crippen LogP contribution is -2.42. The van der Waals surface area contributed by atoms with E-state index in [4.69, 9.17) is 31.0 Å². The molecular formula is C27H34ClN5O3. The van der Waals surface area contributed by atoms with E-state index < -0.39 is 0 Å². The van der Waals surface area contributed by atoms with E-state index in [0.717, 1.165) is 48.5 Å². The molecule has 0 bridgehead atoms. The van der Waals surface area contributed by atoms with Crippen LogP contribution in [0.25, 0.3) is 10.9 Å². The summed E-state index contributed by atoms with van der Waals surface area (Å²) in [5.41, 5.74) is 2.40. The van der Waals surface area contributed by atoms with Gasteiger partial charge in [-0.15, -0.1) is 0 Å². The lowest BCUT2D eigenvalue weighted by molar-refractivity contribution is -0.118. The number of fused-ring (bicyclic) bond motifs is 1. The van der Waals surface area contributed by atoms with Gasteiger partial charge in [0, 0.05) is 36.3 Å². The molecule has 2 heterocycles. The first-order valence-electron chi connectivity index (χ1n) is 12.3. The van der Waals surface area contributed by atoms with Crippen LogP contribution in [0.15, 0.2) is 36.4 Å². The van der Waals surface area contributed by atoms with Gasteiger partial charge in [0.05, 0.1) is 22.3 Å². The van der Waals surface area contributed by atoms with E-state index in [0.29, 0.717) is 28.3 Å². The predicted molar refractivity (Wildman–Crippen MR) is 145 cm³/mol. The Hall–Kier alpha value is -3.10. The number of halogens is 1. The van der Waals surface area contributed by atoms with Gasteiger partial charge in [-0.25, -0.2) is 9.97 Å². The van der Waals surface area contributed by atoms with Crippen LogP contribution in [0.4, 0.5) is 11.6 Å². The number of hydrogen-bond acceptors (Lipinski definition) is 7. The first-order valence-corrected chi connectivity index (χ1v) is 12.7. The van der Waals surface area contributed by atoms with E-state index in [-0.39, 0.29) is 18.6 Å². The Kier molecular flexibility index (Phi) is 8.16. The lowest BCUT2D eigenvalue weighted by Gasteiger charge is -2.35. The Morgan fingerprint density at radius 3 is 2.58 bits per heavy atom. The Labute approximate surface area is 217 Å². The first kappa shape index (κ1) is 26.0. The van der Waals surface area contributed by atoms with Crippen molar-refractivity contribution < 1.29 is 14.3 Å². The van der Waals surface area contributed by atoms with Crippen molar-refractivity contribution in [2.75, 3.05) is 44.0 Å². The molecule has 3 aromatic rings. The molecule has 1 amide bonds. The van der Waals surface area contributed by atoms with Crippen molar-refractivity contribution in [3.05, 3.63) is 47.1 Å². The first-order chi connectivity index (χ1) is 17.2. The van der Waals surface area contributed by atoms with Crippen LogP contribution in [0.2, 0.25) is 5.02 Å². The van der Waals surface area contributed by atoms with Crippen LogP contribution < -0.4 is 19.7 Å². The third kappa shape index (κ3) is 6.36. The Balaban J connectivity index is 1.38. The zero-order chi connectivity index (χ0) is 25.8. The smallest absolute Gasteiger partial charge is 0.262 e. The van der Waals surface area contributed by atoms with E-state index >= 15 is 0 Å². The third-order valence-corrected chi connectivity index (χ3v) is 6.57. The van der Waals surface area contributed by atoms with Crippen LogP contribution in [-0.2, 0) is 4.79 Å². The fourth-order valence-corrected chi connectivity index (χ4v) is 4.58. The van der Waals surface area contributed by atoms with Crippen molar-refractivity contribution in [2.24, 2.45) is 0 Å². The zero-order valence-corrected chi connectivity index (χ0v) is 22.3. The highest BCUT2D eigenvalue weighted by atomic mass is 35.5. The minimum Gasteiger partial charge on any atom is -0.491 e. The highest BCUT2D eigenvalue weighted by Gasteiger charge is 2.23. The molecule has 2 aromatic carbocycles. The highest BCUT2D eigenvalue weighted by molar-refractivity contribution is 6.32. The molecule has 9 heteroatoms. The predicted octanol–water partition coefficient (Wildman–Crippen LogP) is 4.93. The molecule has 0 aliphatic carbocycles. The number of benzene rings is 2. The van der Waals surface area contributed by atoms with Gasteiger partial charge >= 0.3 is 0 Å². The summed E-state index contributed by atoms with van der Waals surface area (Å²) in [5, 5.41) is 4.18. The summed E-state index contributed by atoms with van der Waals surface area (Å²) in [7, 11) is 4.27. The Morgan fingerprint density at radius 2 is 1.92 bits per heavy atom. The van der Waals surface area contributed by atoms with Gasteiger partial charge in [-0.3, -0.25) is 4.79 Å². The number of amides is 1. The summed E-state index contributed by atoms with van der Waals surface area (Å²) in [5.74, 6) is 1.56. The maximum Gasteiger partial charge on any atom is 0.262 e. The van der Waals surface area contributed by atoms with Crippen LogP contribution >= 0.6 is 11.6 Å². The van der Waals surface area contributed by atoms with Crippen molar-refractivity contribution in [1.29, 1.82) is 0 Å². The van der Waals surface area contributed by atoms with Gasteiger partial charge in [0.15, 0.2) is 6.61 Å². The van der Waals surface area contributed by atoms with Crippen LogP contribution in [-0.4, -0.2) is 66.7 Å². The van der Waals surface area contributed by atoms with Crippen LogP contribution in [0.3, 0.4) is 0 Å². The number of aromatic nitrogens is 2. The van der Waals surface area contributed by atoms with Crippen LogP contribution in [0.5, 0.6) is 11.5 Å². The molecular weight excluding hydrogens is 478 g/mol. The number of hydrogen-bond donors (Lipinski definition) is 1. The molecule has 1 aliphatic rings. The van der Waals surface area contributed by atoms with Gasteiger partial charge in [-0.2, -0.15) is 0 Å². The monoisotopic (exact) mass is 511 g/mol. The number of piperidine rings is 1. The number of rotatable bonds is 8. The Bertz CT molecular complexity index is 1230. The molecule has 0 unspecified atom stereocenters. The van der Waals surface area contributed by atoms with Crippen molar-refractivity contribution in [1.82, 2.24) is 14.9 Å². The van der Waals surface area contributed by atoms with Gasteiger partial charge in [-0.1, -0.05) is 11.6 Å². The number of anilines is 2. The Morgan fingerprint density at radius 1 is 1.17 bits per heavy atom. The van der Waals surface area contributed by atoms with Gasteiger partial charge in [-0.05, 0) is 78.0 Å². The molecule has 192 valence electrons. The average molecular weight is 512 g/mol. The molecule has 0 atom stereocenters. The van der Waals surface area contributed by atoms with Crippen LogP contribution in [0, 0.1) is 6.92 Å². The molecule has 0 spiro atoms. The average Bonchev–Trinajstić information content (AvgIpc) is 2.83. The molecule has 1 aliphatic heterocycles. The second kappa shape index (κ2) is 11.3. The lowest BCUT2D eigenvalue weighted by atomic mass is 10.0. The summed E-state index contributed by atoms with van der Waals surface area (Å²) < 4.78 is 11.2. The fraction of sp³-hybridized carbons (Fsp3) is 0.444. The molecule has 0 radical (unpaired) electrons. The van der Waals surface area contributed by atoms with Crippen molar-refractivity contribution in [3.63, 3.8) is 0 Å². The number of carbonyl (C=O) groups excluding carboxylic acids is 1.